The molecule has 1 rings (SSSR count). The van der Waals surface area contributed by atoms with Crippen molar-refractivity contribution in [2.24, 2.45) is 0 Å². The first-order valence-corrected chi connectivity index (χ1v) is 7.21. The summed E-state index contributed by atoms with van der Waals surface area (Å²) in [6, 6.07) is 8.11. The van der Waals surface area contributed by atoms with E-state index in [2.05, 4.69) is 57.2 Å². The smallest absolute Gasteiger partial charge is 0.118 e. The summed E-state index contributed by atoms with van der Waals surface area (Å²) in [7, 11) is 1.69. The molecular weight excluding hydrogens is 244 g/mol. The van der Waals surface area contributed by atoms with Crippen LogP contribution in [0.4, 0.5) is 0 Å². The van der Waals surface area contributed by atoms with Crippen LogP contribution >= 0.6 is 0 Å². The van der Waals surface area contributed by atoms with E-state index >= 15 is 0 Å². The fourth-order valence-corrected chi connectivity index (χ4v) is 1.88. The third-order valence-electron chi connectivity index (χ3n) is 3.12. The highest BCUT2D eigenvalue weighted by Crippen LogP contribution is 2.13. The molecule has 0 amide bonds. The van der Waals surface area contributed by atoms with E-state index in [0.717, 1.165) is 25.0 Å². The van der Waals surface area contributed by atoms with E-state index in [9.17, 15) is 0 Å². The second-order valence-corrected chi connectivity index (χ2v) is 5.28. The maximum atomic E-state index is 5.14. The molecule has 0 saturated heterocycles. The molecule has 0 aliphatic heterocycles. The van der Waals surface area contributed by atoms with Gasteiger partial charge in [-0.15, -0.1) is 0 Å². The van der Waals surface area contributed by atoms with Gasteiger partial charge in [0.15, 0.2) is 0 Å². The summed E-state index contributed by atoms with van der Waals surface area (Å²) in [4.78, 5) is 0. The lowest BCUT2D eigenvalue weighted by molar-refractivity contribution is 0.415. The molecule has 0 spiro atoms. The Morgan fingerprint density at radius 2 is 1.75 bits per heavy atom. The van der Waals surface area contributed by atoms with Crippen molar-refractivity contribution < 1.29 is 4.74 Å². The van der Waals surface area contributed by atoms with Crippen molar-refractivity contribution in [1.29, 1.82) is 0 Å². The number of ether oxygens (including phenoxy) is 1. The Bertz CT molecular complexity index is 471. The van der Waals surface area contributed by atoms with Crippen LogP contribution in [0.15, 0.2) is 53.6 Å². The second kappa shape index (κ2) is 9.19. The summed E-state index contributed by atoms with van der Waals surface area (Å²) in [5.74, 6) is 0.900. The van der Waals surface area contributed by atoms with Gasteiger partial charge in [0.1, 0.15) is 5.75 Å². The SMILES string of the molecule is COc1ccc(/C=C/C/C=C(\C)CCC=C(C)C)cc1. The minimum atomic E-state index is 0.900. The van der Waals surface area contributed by atoms with Crippen LogP contribution in [0, 0.1) is 0 Å². The van der Waals surface area contributed by atoms with E-state index in [1.54, 1.807) is 7.11 Å². The summed E-state index contributed by atoms with van der Waals surface area (Å²) in [5, 5.41) is 0. The normalized spacial score (nSPS) is 11.7. The minimum absolute atomic E-state index is 0.900. The van der Waals surface area contributed by atoms with E-state index in [0.29, 0.717) is 0 Å². The fourth-order valence-electron chi connectivity index (χ4n) is 1.88. The van der Waals surface area contributed by atoms with E-state index in [1.165, 1.54) is 16.7 Å². The van der Waals surface area contributed by atoms with Gasteiger partial charge in [-0.1, -0.05) is 47.6 Å². The van der Waals surface area contributed by atoms with Crippen LogP contribution < -0.4 is 4.74 Å². The molecule has 1 aromatic rings. The Hall–Kier alpha value is -1.76. The standard InChI is InChI=1S/C19H26O/c1-16(2)8-7-10-17(3)9-5-6-11-18-12-14-19(20-4)15-13-18/h6,8-9,11-15H,5,7,10H2,1-4H3/b11-6+,17-9+. The molecule has 0 fully saturated rings. The Morgan fingerprint density at radius 1 is 1.05 bits per heavy atom. The summed E-state index contributed by atoms with van der Waals surface area (Å²) >= 11 is 0. The molecule has 1 heteroatoms. The zero-order valence-corrected chi connectivity index (χ0v) is 13.1. The Balaban J connectivity index is 2.37. The van der Waals surface area contributed by atoms with E-state index in [-0.39, 0.29) is 0 Å². The van der Waals surface area contributed by atoms with Gasteiger partial charge in [-0.3, -0.25) is 0 Å². The molecule has 0 atom stereocenters. The lowest BCUT2D eigenvalue weighted by atomic mass is 10.1. The molecule has 0 N–H and O–H groups in total. The van der Waals surface area contributed by atoms with Gasteiger partial charge in [-0.05, 0) is 57.7 Å². The molecule has 0 radical (unpaired) electrons. The topological polar surface area (TPSA) is 9.23 Å². The van der Waals surface area contributed by atoms with Crippen molar-refractivity contribution in [3.05, 3.63) is 59.2 Å². The van der Waals surface area contributed by atoms with Crippen LogP contribution in [0.5, 0.6) is 5.75 Å². The Morgan fingerprint density at radius 3 is 2.35 bits per heavy atom. The zero-order chi connectivity index (χ0) is 14.8. The average molecular weight is 270 g/mol. The molecule has 20 heavy (non-hydrogen) atoms. The first kappa shape index (κ1) is 16.3. The number of benzene rings is 1. The van der Waals surface area contributed by atoms with Crippen LogP contribution in [0.2, 0.25) is 0 Å². The maximum Gasteiger partial charge on any atom is 0.118 e. The molecule has 0 saturated carbocycles. The van der Waals surface area contributed by atoms with Gasteiger partial charge in [0, 0.05) is 0 Å². The monoisotopic (exact) mass is 270 g/mol. The van der Waals surface area contributed by atoms with Crippen LogP contribution in [-0.4, -0.2) is 7.11 Å². The molecular formula is C19H26O. The summed E-state index contributed by atoms with van der Waals surface area (Å²) in [5.41, 5.74) is 4.07. The van der Waals surface area contributed by atoms with E-state index in [1.807, 2.05) is 12.1 Å². The van der Waals surface area contributed by atoms with Gasteiger partial charge in [0.2, 0.25) is 0 Å². The number of hydrogen-bond acceptors (Lipinski definition) is 1. The second-order valence-electron chi connectivity index (χ2n) is 5.28. The van der Waals surface area contributed by atoms with E-state index < -0.39 is 0 Å². The van der Waals surface area contributed by atoms with Crippen molar-refractivity contribution in [3.8, 4) is 5.75 Å². The molecule has 0 unspecified atom stereocenters. The predicted octanol–water partition coefficient (Wildman–Crippen LogP) is 5.79. The average Bonchev–Trinajstić information content (AvgIpc) is 2.44. The summed E-state index contributed by atoms with van der Waals surface area (Å²) < 4.78 is 5.14. The van der Waals surface area contributed by atoms with Gasteiger partial charge in [0.05, 0.1) is 7.11 Å². The molecule has 0 heterocycles. The Kier molecular flexibility index (Phi) is 7.49. The summed E-state index contributed by atoms with van der Waals surface area (Å²) in [6.07, 6.45) is 12.2. The lowest BCUT2D eigenvalue weighted by Gasteiger charge is -1.99. The van der Waals surface area contributed by atoms with Gasteiger partial charge in [0.25, 0.3) is 0 Å². The van der Waals surface area contributed by atoms with Crippen molar-refractivity contribution in [2.75, 3.05) is 7.11 Å². The van der Waals surface area contributed by atoms with E-state index in [4.69, 9.17) is 4.74 Å². The van der Waals surface area contributed by atoms with Gasteiger partial charge >= 0.3 is 0 Å². The lowest BCUT2D eigenvalue weighted by Crippen LogP contribution is -1.81. The molecule has 0 aliphatic rings. The highest BCUT2D eigenvalue weighted by atomic mass is 16.5. The molecule has 0 aliphatic carbocycles. The predicted molar refractivity (Wildman–Crippen MR) is 89.1 cm³/mol. The number of rotatable bonds is 7. The van der Waals surface area contributed by atoms with Crippen LogP contribution in [0.25, 0.3) is 6.08 Å². The van der Waals surface area contributed by atoms with Crippen LogP contribution in [0.3, 0.4) is 0 Å². The molecule has 0 aromatic heterocycles. The number of hydrogen-bond donors (Lipinski definition) is 0. The minimum Gasteiger partial charge on any atom is -0.497 e. The third kappa shape index (κ3) is 6.98. The van der Waals surface area contributed by atoms with Crippen molar-refractivity contribution in [2.45, 2.75) is 40.0 Å². The highest BCUT2D eigenvalue weighted by Gasteiger charge is 1.90. The fraction of sp³-hybridized carbons (Fsp3) is 0.368. The number of methoxy groups -OCH3 is 1. The first-order chi connectivity index (χ1) is 9.61. The highest BCUT2D eigenvalue weighted by molar-refractivity contribution is 5.50. The zero-order valence-electron chi connectivity index (χ0n) is 13.1. The van der Waals surface area contributed by atoms with Gasteiger partial charge < -0.3 is 4.74 Å². The van der Waals surface area contributed by atoms with Crippen LogP contribution in [-0.2, 0) is 0 Å². The maximum absolute atomic E-state index is 5.14. The Labute approximate surface area is 123 Å². The molecule has 108 valence electrons. The summed E-state index contributed by atoms with van der Waals surface area (Å²) in [6.45, 7) is 6.51. The molecule has 1 aromatic carbocycles. The van der Waals surface area contributed by atoms with Crippen LogP contribution in [0.1, 0.15) is 45.6 Å². The van der Waals surface area contributed by atoms with Crippen molar-refractivity contribution in [3.63, 3.8) is 0 Å². The largest absolute Gasteiger partial charge is 0.497 e. The third-order valence-corrected chi connectivity index (χ3v) is 3.12. The quantitative estimate of drug-likeness (QED) is 0.570. The molecule has 0 bridgehead atoms. The molecule has 1 nitrogen and oxygen atoms in total. The number of allylic oxidation sites excluding steroid dienone is 5. The van der Waals surface area contributed by atoms with Gasteiger partial charge in [-0.2, -0.15) is 0 Å². The van der Waals surface area contributed by atoms with Crippen molar-refractivity contribution in [1.82, 2.24) is 0 Å². The van der Waals surface area contributed by atoms with Crippen molar-refractivity contribution >= 4 is 6.08 Å². The first-order valence-electron chi connectivity index (χ1n) is 7.21. The van der Waals surface area contributed by atoms with Gasteiger partial charge in [-0.25, -0.2) is 0 Å².